The number of tetrazole rings is 1. The summed E-state index contributed by atoms with van der Waals surface area (Å²) in [6.45, 7) is 2.90. The number of anilines is 1. The lowest BCUT2D eigenvalue weighted by atomic mass is 10.1. The van der Waals surface area contributed by atoms with E-state index in [1.54, 1.807) is 12.1 Å². The second-order valence-corrected chi connectivity index (χ2v) is 6.84. The fourth-order valence-corrected chi connectivity index (χ4v) is 3.14. The highest BCUT2D eigenvalue weighted by Crippen LogP contribution is 2.38. The predicted molar refractivity (Wildman–Crippen MR) is 102 cm³/mol. The average molecular weight is 430 g/mol. The van der Waals surface area contributed by atoms with E-state index in [2.05, 4.69) is 36.7 Å². The molecule has 138 valence electrons. The topological polar surface area (TPSA) is 91.2 Å². The Labute approximate surface area is 163 Å². The minimum absolute atomic E-state index is 0.0558. The number of carbonyl (C=O) groups excluding carboxylic acids is 1. The molecule has 0 fully saturated rings. The molecule has 2 heterocycles. The first-order chi connectivity index (χ1) is 13.1. The fraction of sp³-hybridized carbons (Fsp3) is 0.222. The number of nitrogens with one attached hydrogen (secondary N) is 1. The van der Waals surface area contributed by atoms with Crippen LogP contribution in [0.5, 0.6) is 11.5 Å². The molecule has 1 N–H and O–H groups in total. The zero-order valence-corrected chi connectivity index (χ0v) is 16.1. The molecule has 1 aliphatic rings. The number of amides is 1. The van der Waals surface area contributed by atoms with Gasteiger partial charge >= 0.3 is 0 Å². The van der Waals surface area contributed by atoms with Gasteiger partial charge in [0, 0.05) is 22.2 Å². The van der Waals surface area contributed by atoms with E-state index in [0.29, 0.717) is 40.7 Å². The Morgan fingerprint density at radius 1 is 1.22 bits per heavy atom. The minimum atomic E-state index is -0.277. The lowest BCUT2D eigenvalue weighted by Crippen LogP contribution is -2.21. The van der Waals surface area contributed by atoms with Crippen molar-refractivity contribution < 1.29 is 14.3 Å². The minimum Gasteiger partial charge on any atom is -0.486 e. The number of rotatable bonds is 4. The summed E-state index contributed by atoms with van der Waals surface area (Å²) in [5.74, 6) is 1.45. The molecule has 0 unspecified atom stereocenters. The second-order valence-electron chi connectivity index (χ2n) is 5.98. The van der Waals surface area contributed by atoms with Crippen molar-refractivity contribution in [1.29, 1.82) is 0 Å². The molecule has 1 aliphatic heterocycles. The molecular weight excluding hydrogens is 414 g/mol. The third-order valence-electron chi connectivity index (χ3n) is 4.03. The average Bonchev–Trinajstić information content (AvgIpc) is 3.10. The molecular formula is C18H16BrN5O3. The number of ether oxygens (including phenoxy) is 2. The van der Waals surface area contributed by atoms with Gasteiger partial charge in [-0.15, -0.1) is 10.2 Å². The Hall–Kier alpha value is -2.94. The van der Waals surface area contributed by atoms with Crippen LogP contribution >= 0.6 is 15.9 Å². The molecule has 8 nitrogen and oxygen atoms in total. The maximum absolute atomic E-state index is 12.4. The summed E-state index contributed by atoms with van der Waals surface area (Å²) in [5.41, 5.74) is 2.52. The van der Waals surface area contributed by atoms with Crippen molar-refractivity contribution in [1.82, 2.24) is 20.2 Å². The zero-order valence-electron chi connectivity index (χ0n) is 14.5. The fourth-order valence-electron chi connectivity index (χ4n) is 2.72. The number of hydrogen-bond acceptors (Lipinski definition) is 6. The number of benzene rings is 2. The Bertz CT molecular complexity index is 1000. The van der Waals surface area contributed by atoms with Crippen LogP contribution in [0.1, 0.15) is 5.56 Å². The van der Waals surface area contributed by atoms with Gasteiger partial charge < -0.3 is 14.8 Å². The number of carbonyl (C=O) groups is 1. The molecule has 0 aliphatic carbocycles. The van der Waals surface area contributed by atoms with Gasteiger partial charge in [-0.1, -0.05) is 24.3 Å². The molecule has 27 heavy (non-hydrogen) atoms. The van der Waals surface area contributed by atoms with Crippen LogP contribution in [-0.2, 0) is 11.3 Å². The third kappa shape index (κ3) is 3.77. The molecule has 0 spiro atoms. The Balaban J connectivity index is 1.47. The van der Waals surface area contributed by atoms with Gasteiger partial charge in [0.05, 0.1) is 5.69 Å². The zero-order chi connectivity index (χ0) is 18.8. The first kappa shape index (κ1) is 17.5. The highest BCUT2D eigenvalue weighted by molar-refractivity contribution is 9.10. The van der Waals surface area contributed by atoms with Crippen LogP contribution in [-0.4, -0.2) is 39.3 Å². The summed E-state index contributed by atoms with van der Waals surface area (Å²) in [6.07, 6.45) is 0. The third-order valence-corrected chi connectivity index (χ3v) is 4.69. The van der Waals surface area contributed by atoms with Crippen LogP contribution in [0.25, 0.3) is 11.4 Å². The summed E-state index contributed by atoms with van der Waals surface area (Å²) >= 11 is 3.43. The smallest absolute Gasteiger partial charge is 0.248 e. The second kappa shape index (κ2) is 7.36. The monoisotopic (exact) mass is 429 g/mol. The Morgan fingerprint density at radius 3 is 2.74 bits per heavy atom. The lowest BCUT2D eigenvalue weighted by molar-refractivity contribution is -0.117. The van der Waals surface area contributed by atoms with Crippen LogP contribution in [0.2, 0.25) is 0 Å². The molecule has 2 aromatic carbocycles. The van der Waals surface area contributed by atoms with Gasteiger partial charge in [0.2, 0.25) is 11.7 Å². The summed E-state index contributed by atoms with van der Waals surface area (Å²) in [5, 5.41) is 15.1. The largest absolute Gasteiger partial charge is 0.486 e. The van der Waals surface area contributed by atoms with Gasteiger partial charge in [-0.3, -0.25) is 4.79 Å². The van der Waals surface area contributed by atoms with E-state index in [0.717, 1.165) is 11.1 Å². The van der Waals surface area contributed by atoms with Crippen LogP contribution in [0.4, 0.5) is 5.69 Å². The highest BCUT2D eigenvalue weighted by Gasteiger charge is 2.17. The number of fused-ring (bicyclic) bond motifs is 1. The van der Waals surface area contributed by atoms with Gasteiger partial charge in [-0.25, -0.2) is 0 Å². The SMILES string of the molecule is Cc1ccccc1-c1nnn(CC(=O)Nc2cc3c(cc2Br)OCCO3)n1. The maximum atomic E-state index is 12.4. The molecule has 0 bridgehead atoms. The van der Waals surface area contributed by atoms with Crippen molar-refractivity contribution in [3.8, 4) is 22.9 Å². The van der Waals surface area contributed by atoms with Gasteiger partial charge in [0.1, 0.15) is 19.8 Å². The van der Waals surface area contributed by atoms with Crippen LogP contribution in [0.15, 0.2) is 40.9 Å². The summed E-state index contributed by atoms with van der Waals surface area (Å²) in [4.78, 5) is 13.6. The molecule has 1 aromatic heterocycles. The van der Waals surface area contributed by atoms with Crippen LogP contribution in [0.3, 0.4) is 0 Å². The normalized spacial score (nSPS) is 12.7. The molecule has 0 saturated heterocycles. The van der Waals surface area contributed by atoms with Gasteiger partial charge in [0.25, 0.3) is 0 Å². The summed E-state index contributed by atoms with van der Waals surface area (Å²) in [7, 11) is 0. The van der Waals surface area contributed by atoms with Gasteiger partial charge in [-0.2, -0.15) is 4.80 Å². The number of hydrogen-bond donors (Lipinski definition) is 1. The van der Waals surface area contributed by atoms with Crippen molar-refractivity contribution in [2.75, 3.05) is 18.5 Å². The van der Waals surface area contributed by atoms with Crippen molar-refractivity contribution in [3.05, 3.63) is 46.4 Å². The summed E-state index contributed by atoms with van der Waals surface area (Å²) in [6, 6.07) is 11.3. The Kier molecular flexibility index (Phi) is 4.76. The van der Waals surface area contributed by atoms with Crippen molar-refractivity contribution in [3.63, 3.8) is 0 Å². The van der Waals surface area contributed by atoms with Crippen LogP contribution < -0.4 is 14.8 Å². The van der Waals surface area contributed by atoms with Gasteiger partial charge in [-0.05, 0) is 33.6 Å². The van der Waals surface area contributed by atoms with E-state index < -0.39 is 0 Å². The standard InChI is InChI=1S/C18H16BrN5O3/c1-11-4-2-3-5-12(11)18-21-23-24(22-18)10-17(25)20-14-9-16-15(8-13(14)19)26-6-7-27-16/h2-5,8-9H,6-7,10H2,1H3,(H,20,25). The summed E-state index contributed by atoms with van der Waals surface area (Å²) < 4.78 is 11.8. The first-order valence-corrected chi connectivity index (χ1v) is 9.12. The van der Waals surface area contributed by atoms with Crippen molar-refractivity contribution in [2.24, 2.45) is 0 Å². The van der Waals surface area contributed by atoms with Crippen molar-refractivity contribution >= 4 is 27.5 Å². The van der Waals surface area contributed by atoms with E-state index in [1.165, 1.54) is 4.80 Å². The molecule has 3 aromatic rings. The number of aryl methyl sites for hydroxylation is 1. The predicted octanol–water partition coefficient (Wildman–Crippen LogP) is 2.82. The Morgan fingerprint density at radius 2 is 1.96 bits per heavy atom. The molecule has 4 rings (SSSR count). The van der Waals surface area contributed by atoms with E-state index in [9.17, 15) is 4.79 Å². The first-order valence-electron chi connectivity index (χ1n) is 8.33. The number of nitrogens with zero attached hydrogens (tertiary/aromatic N) is 4. The van der Waals surface area contributed by atoms with Gasteiger partial charge in [0.15, 0.2) is 11.5 Å². The molecule has 0 saturated carbocycles. The van der Waals surface area contributed by atoms with E-state index in [1.807, 2.05) is 31.2 Å². The van der Waals surface area contributed by atoms with E-state index in [4.69, 9.17) is 9.47 Å². The molecule has 1 amide bonds. The molecule has 0 atom stereocenters. The molecule has 9 heteroatoms. The molecule has 0 radical (unpaired) electrons. The maximum Gasteiger partial charge on any atom is 0.248 e. The quantitative estimate of drug-likeness (QED) is 0.685. The van der Waals surface area contributed by atoms with Crippen LogP contribution in [0, 0.1) is 6.92 Å². The van der Waals surface area contributed by atoms with Crippen molar-refractivity contribution in [2.45, 2.75) is 13.5 Å². The number of aromatic nitrogens is 4. The van der Waals surface area contributed by atoms with E-state index >= 15 is 0 Å². The number of halogens is 1. The van der Waals surface area contributed by atoms with E-state index in [-0.39, 0.29) is 12.5 Å². The highest BCUT2D eigenvalue weighted by atomic mass is 79.9. The lowest BCUT2D eigenvalue weighted by Gasteiger charge is -2.20.